The Kier molecular flexibility index (Phi) is 4.78. The molecule has 1 aromatic carbocycles. The first-order valence-corrected chi connectivity index (χ1v) is 10.9. The van der Waals surface area contributed by atoms with Gasteiger partial charge in [-0.15, -0.1) is 0 Å². The smallest absolute Gasteiger partial charge is 0.267 e. The fourth-order valence-electron chi connectivity index (χ4n) is 3.58. The van der Waals surface area contributed by atoms with E-state index in [2.05, 4.69) is 15.0 Å². The zero-order valence-corrected chi connectivity index (χ0v) is 18.2. The van der Waals surface area contributed by atoms with Crippen molar-refractivity contribution in [3.63, 3.8) is 0 Å². The van der Waals surface area contributed by atoms with Crippen LogP contribution in [0.2, 0.25) is 0 Å². The summed E-state index contributed by atoms with van der Waals surface area (Å²) in [5.74, 6) is 1.80. The van der Waals surface area contributed by atoms with Crippen molar-refractivity contribution in [2.75, 3.05) is 0 Å². The average Bonchev–Trinajstić information content (AvgIpc) is 3.15. The van der Waals surface area contributed by atoms with Gasteiger partial charge >= 0.3 is 0 Å². The van der Waals surface area contributed by atoms with Crippen LogP contribution in [0, 0.1) is 20.8 Å². The van der Waals surface area contributed by atoms with E-state index >= 15 is 0 Å². The summed E-state index contributed by atoms with van der Waals surface area (Å²) in [5.41, 5.74) is 4.45. The Balaban J connectivity index is 1.60. The molecule has 0 aliphatic heterocycles. The monoisotopic (exact) mass is 428 g/mol. The van der Waals surface area contributed by atoms with E-state index in [-0.39, 0.29) is 5.56 Å². The van der Waals surface area contributed by atoms with Crippen LogP contribution in [0.25, 0.3) is 22.5 Å². The van der Waals surface area contributed by atoms with Gasteiger partial charge in [-0.05, 0) is 56.7 Å². The number of nitrogens with zero attached hydrogens (tertiary/aromatic N) is 6. The van der Waals surface area contributed by atoms with Gasteiger partial charge in [0.25, 0.3) is 5.56 Å². The van der Waals surface area contributed by atoms with E-state index in [9.17, 15) is 4.79 Å². The number of hydrogen-bond donors (Lipinski definition) is 0. The summed E-state index contributed by atoms with van der Waals surface area (Å²) < 4.78 is 3.56. The van der Waals surface area contributed by atoms with E-state index in [1.165, 1.54) is 11.8 Å². The van der Waals surface area contributed by atoms with E-state index < -0.39 is 0 Å². The largest absolute Gasteiger partial charge is 0.288 e. The highest BCUT2D eigenvalue weighted by atomic mass is 32.2. The van der Waals surface area contributed by atoms with Gasteiger partial charge in [0.2, 0.25) is 5.78 Å². The molecule has 7 nitrogen and oxygen atoms in total. The molecule has 4 aromatic heterocycles. The second-order valence-corrected chi connectivity index (χ2v) is 8.42. The minimum absolute atomic E-state index is 0.130. The van der Waals surface area contributed by atoms with Crippen molar-refractivity contribution in [3.8, 4) is 5.82 Å². The van der Waals surface area contributed by atoms with Gasteiger partial charge in [-0.2, -0.15) is 0 Å². The first-order chi connectivity index (χ1) is 15.0. The Labute approximate surface area is 182 Å². The number of aromatic nitrogens is 6. The lowest BCUT2D eigenvalue weighted by Gasteiger charge is -2.12. The molecule has 4 heterocycles. The van der Waals surface area contributed by atoms with Gasteiger partial charge in [0.1, 0.15) is 5.82 Å². The van der Waals surface area contributed by atoms with E-state index in [1.54, 1.807) is 16.8 Å². The van der Waals surface area contributed by atoms with Crippen molar-refractivity contribution in [2.24, 2.45) is 0 Å². The molecule has 0 atom stereocenters. The SMILES string of the molecule is Cc1ccnc(-n2c(SCc3cn4c(C)cc(C)nc4n3)nc3ccccc3c2=O)c1. The molecular formula is C23H20N6OS. The lowest BCUT2D eigenvalue weighted by atomic mass is 10.2. The first-order valence-electron chi connectivity index (χ1n) is 9.89. The molecule has 0 radical (unpaired) electrons. The van der Waals surface area contributed by atoms with Crippen molar-refractivity contribution in [2.45, 2.75) is 31.7 Å². The third-order valence-corrected chi connectivity index (χ3v) is 6.01. The van der Waals surface area contributed by atoms with Crippen molar-refractivity contribution < 1.29 is 0 Å². The number of thioether (sulfide) groups is 1. The summed E-state index contributed by atoms with van der Waals surface area (Å²) in [7, 11) is 0. The molecule has 31 heavy (non-hydrogen) atoms. The number of imidazole rings is 1. The Morgan fingerprint density at radius 1 is 1.00 bits per heavy atom. The Hall–Kier alpha value is -3.52. The van der Waals surface area contributed by atoms with Crippen LogP contribution in [-0.4, -0.2) is 28.9 Å². The molecule has 0 unspecified atom stereocenters. The van der Waals surface area contributed by atoms with Gasteiger partial charge in [0.05, 0.1) is 16.6 Å². The predicted molar refractivity (Wildman–Crippen MR) is 122 cm³/mol. The van der Waals surface area contributed by atoms with Gasteiger partial charge in [0, 0.05) is 29.5 Å². The molecule has 0 saturated carbocycles. The summed E-state index contributed by atoms with van der Waals surface area (Å²) in [5, 5.41) is 1.15. The number of rotatable bonds is 4. The van der Waals surface area contributed by atoms with Crippen LogP contribution in [0.4, 0.5) is 0 Å². The highest BCUT2D eigenvalue weighted by molar-refractivity contribution is 7.98. The molecule has 0 aliphatic rings. The Morgan fingerprint density at radius 2 is 1.84 bits per heavy atom. The van der Waals surface area contributed by atoms with E-state index in [4.69, 9.17) is 4.98 Å². The maximum atomic E-state index is 13.3. The molecular weight excluding hydrogens is 408 g/mol. The summed E-state index contributed by atoms with van der Waals surface area (Å²) in [4.78, 5) is 31.7. The lowest BCUT2D eigenvalue weighted by Crippen LogP contribution is -2.22. The van der Waals surface area contributed by atoms with Gasteiger partial charge < -0.3 is 0 Å². The normalized spacial score (nSPS) is 11.5. The first kappa shape index (κ1) is 19.4. The van der Waals surface area contributed by atoms with Crippen molar-refractivity contribution >= 4 is 28.4 Å². The molecule has 0 amide bonds. The lowest BCUT2D eigenvalue weighted by molar-refractivity contribution is 0.794. The van der Waals surface area contributed by atoms with Crippen LogP contribution >= 0.6 is 11.8 Å². The summed E-state index contributed by atoms with van der Waals surface area (Å²) in [6.45, 7) is 5.97. The topological polar surface area (TPSA) is 78.0 Å². The number of aryl methyl sites for hydroxylation is 3. The van der Waals surface area contributed by atoms with Gasteiger partial charge in [-0.1, -0.05) is 23.9 Å². The van der Waals surface area contributed by atoms with Crippen LogP contribution in [0.1, 0.15) is 22.6 Å². The number of para-hydroxylation sites is 1. The Bertz CT molecular complexity index is 1500. The fourth-order valence-corrected chi connectivity index (χ4v) is 4.46. The molecule has 0 spiro atoms. The van der Waals surface area contributed by atoms with Crippen LogP contribution in [0.3, 0.4) is 0 Å². The molecule has 0 bridgehead atoms. The minimum atomic E-state index is -0.130. The van der Waals surface area contributed by atoms with E-state index in [0.29, 0.717) is 33.4 Å². The summed E-state index contributed by atoms with van der Waals surface area (Å²) in [6, 6.07) is 13.2. The van der Waals surface area contributed by atoms with Gasteiger partial charge in [-0.3, -0.25) is 9.20 Å². The third kappa shape index (κ3) is 3.59. The molecule has 0 N–H and O–H groups in total. The van der Waals surface area contributed by atoms with Crippen LogP contribution < -0.4 is 5.56 Å². The van der Waals surface area contributed by atoms with Crippen LogP contribution in [0.5, 0.6) is 0 Å². The maximum absolute atomic E-state index is 13.3. The highest BCUT2D eigenvalue weighted by Crippen LogP contribution is 2.24. The van der Waals surface area contributed by atoms with Crippen molar-refractivity contribution in [1.82, 2.24) is 28.9 Å². The number of fused-ring (bicyclic) bond motifs is 2. The molecule has 0 saturated heterocycles. The second-order valence-electron chi connectivity index (χ2n) is 7.47. The fraction of sp³-hybridized carbons (Fsp3) is 0.174. The molecule has 5 rings (SSSR count). The Morgan fingerprint density at radius 3 is 2.68 bits per heavy atom. The third-order valence-electron chi connectivity index (χ3n) is 5.04. The summed E-state index contributed by atoms with van der Waals surface area (Å²) in [6.07, 6.45) is 3.69. The van der Waals surface area contributed by atoms with Gasteiger partial charge in [0.15, 0.2) is 5.16 Å². The molecule has 8 heteroatoms. The molecule has 5 aromatic rings. The molecule has 0 fully saturated rings. The van der Waals surface area contributed by atoms with Crippen LogP contribution in [-0.2, 0) is 5.75 Å². The number of pyridine rings is 1. The zero-order chi connectivity index (χ0) is 21.5. The van der Waals surface area contributed by atoms with E-state index in [1.807, 2.05) is 67.8 Å². The maximum Gasteiger partial charge on any atom is 0.267 e. The number of hydrogen-bond acceptors (Lipinski definition) is 6. The molecule has 154 valence electrons. The van der Waals surface area contributed by atoms with E-state index in [0.717, 1.165) is 22.6 Å². The highest BCUT2D eigenvalue weighted by Gasteiger charge is 2.15. The molecule has 0 aliphatic carbocycles. The zero-order valence-electron chi connectivity index (χ0n) is 17.4. The van der Waals surface area contributed by atoms with Crippen LogP contribution in [0.15, 0.2) is 64.8 Å². The van der Waals surface area contributed by atoms with Crippen molar-refractivity contribution in [3.05, 3.63) is 87.9 Å². The van der Waals surface area contributed by atoms with Gasteiger partial charge in [-0.25, -0.2) is 24.5 Å². The average molecular weight is 429 g/mol. The predicted octanol–water partition coefficient (Wildman–Crippen LogP) is 4.04. The quantitative estimate of drug-likeness (QED) is 0.318. The second kappa shape index (κ2) is 7.63. The number of benzene rings is 1. The standard InChI is InChI=1S/C23H20N6OS/c1-14-8-9-24-20(10-14)29-21(30)18-6-4-5-7-19(18)27-23(29)31-13-17-12-28-16(3)11-15(2)25-22(28)26-17/h4-12H,13H2,1-3H3. The van der Waals surface area contributed by atoms with Crippen molar-refractivity contribution in [1.29, 1.82) is 0 Å². The summed E-state index contributed by atoms with van der Waals surface area (Å²) >= 11 is 1.46. The minimum Gasteiger partial charge on any atom is -0.288 e.